The lowest BCUT2D eigenvalue weighted by atomic mass is 10.0. The van der Waals surface area contributed by atoms with Crippen molar-refractivity contribution in [3.8, 4) is 0 Å². The molecule has 0 aliphatic rings. The molecule has 30 heavy (non-hydrogen) atoms. The third kappa shape index (κ3) is 9.82. The molecule has 0 aliphatic carbocycles. The fourth-order valence-electron chi connectivity index (χ4n) is 2.27. The van der Waals surface area contributed by atoms with E-state index in [0.717, 1.165) is 0 Å². The minimum atomic E-state index is -1.55. The summed E-state index contributed by atoms with van der Waals surface area (Å²) >= 11 is 0. The van der Waals surface area contributed by atoms with E-state index in [1.54, 1.807) is 13.8 Å². The topological polar surface area (TPSA) is 231 Å². The Balaban J connectivity index is 4.98. The van der Waals surface area contributed by atoms with Crippen LogP contribution in [0.3, 0.4) is 0 Å². The Labute approximate surface area is 172 Å². The largest absolute Gasteiger partial charge is 0.481 e. The van der Waals surface area contributed by atoms with Crippen LogP contribution in [0.25, 0.3) is 0 Å². The fourth-order valence-corrected chi connectivity index (χ4v) is 2.27. The predicted octanol–water partition coefficient (Wildman–Crippen LogP) is -2.73. The molecule has 0 spiro atoms. The van der Waals surface area contributed by atoms with Crippen molar-refractivity contribution in [2.24, 2.45) is 17.4 Å². The summed E-state index contributed by atoms with van der Waals surface area (Å²) in [5.41, 5.74) is 10.6. The first kappa shape index (κ1) is 26.8. The summed E-state index contributed by atoms with van der Waals surface area (Å²) in [6.45, 7) is 4.55. The molecular weight excluding hydrogens is 402 g/mol. The molecule has 9 N–H and O–H groups in total. The molecule has 0 aromatic heterocycles. The molecule has 0 radical (unpaired) electrons. The highest BCUT2D eigenvalue weighted by atomic mass is 16.4. The average molecular weight is 431 g/mol. The van der Waals surface area contributed by atoms with Gasteiger partial charge in [0.2, 0.25) is 23.6 Å². The lowest BCUT2D eigenvalue weighted by molar-refractivity contribution is -0.143. The summed E-state index contributed by atoms with van der Waals surface area (Å²) in [4.78, 5) is 69.3. The summed E-state index contributed by atoms with van der Waals surface area (Å²) in [7, 11) is 0. The molecular formula is C17H29N5O8. The van der Waals surface area contributed by atoms with Gasteiger partial charge in [0.1, 0.15) is 18.1 Å². The van der Waals surface area contributed by atoms with Crippen LogP contribution in [0.4, 0.5) is 0 Å². The molecule has 170 valence electrons. The lowest BCUT2D eigenvalue weighted by Crippen LogP contribution is -2.57. The van der Waals surface area contributed by atoms with E-state index >= 15 is 0 Å². The Morgan fingerprint density at radius 3 is 1.87 bits per heavy atom. The van der Waals surface area contributed by atoms with Gasteiger partial charge in [0.15, 0.2) is 0 Å². The van der Waals surface area contributed by atoms with Crippen molar-refractivity contribution in [2.75, 3.05) is 0 Å². The summed E-state index contributed by atoms with van der Waals surface area (Å²) < 4.78 is 0. The van der Waals surface area contributed by atoms with Crippen molar-refractivity contribution in [1.82, 2.24) is 16.0 Å². The molecule has 0 rings (SSSR count). The van der Waals surface area contributed by atoms with Crippen molar-refractivity contribution < 1.29 is 39.0 Å². The second kappa shape index (κ2) is 12.4. The third-order valence-electron chi connectivity index (χ3n) is 4.02. The minimum absolute atomic E-state index is 0.122. The summed E-state index contributed by atoms with van der Waals surface area (Å²) in [6, 6.07) is -4.96. The Kier molecular flexibility index (Phi) is 11.0. The highest BCUT2D eigenvalue weighted by Gasteiger charge is 2.30. The van der Waals surface area contributed by atoms with E-state index in [1.807, 2.05) is 0 Å². The third-order valence-corrected chi connectivity index (χ3v) is 4.02. The Hall–Kier alpha value is -3.22. The number of nitrogens with one attached hydrogen (secondary N) is 3. The molecule has 0 saturated carbocycles. The van der Waals surface area contributed by atoms with Gasteiger partial charge in [-0.15, -0.1) is 0 Å². The maximum Gasteiger partial charge on any atom is 0.326 e. The van der Waals surface area contributed by atoms with Crippen LogP contribution in [-0.2, 0) is 28.8 Å². The van der Waals surface area contributed by atoms with Crippen molar-refractivity contribution in [2.45, 2.75) is 64.2 Å². The number of carbonyl (C=O) groups excluding carboxylic acids is 4. The van der Waals surface area contributed by atoms with Gasteiger partial charge < -0.3 is 37.6 Å². The first-order chi connectivity index (χ1) is 13.8. The number of hydrogen-bond donors (Lipinski definition) is 7. The molecule has 13 nitrogen and oxygen atoms in total. The van der Waals surface area contributed by atoms with Crippen molar-refractivity contribution >= 4 is 35.6 Å². The zero-order valence-electron chi connectivity index (χ0n) is 17.0. The molecule has 0 saturated heterocycles. The van der Waals surface area contributed by atoms with Crippen LogP contribution < -0.4 is 27.4 Å². The molecule has 0 bridgehead atoms. The van der Waals surface area contributed by atoms with Gasteiger partial charge in [-0.05, 0) is 19.3 Å². The van der Waals surface area contributed by atoms with E-state index in [-0.39, 0.29) is 12.8 Å². The maximum absolute atomic E-state index is 12.5. The van der Waals surface area contributed by atoms with E-state index in [4.69, 9.17) is 21.7 Å². The van der Waals surface area contributed by atoms with Crippen LogP contribution in [0.15, 0.2) is 0 Å². The fraction of sp³-hybridized carbons (Fsp3) is 0.647. The second-order valence-corrected chi connectivity index (χ2v) is 7.07. The minimum Gasteiger partial charge on any atom is -0.481 e. The van der Waals surface area contributed by atoms with Crippen LogP contribution >= 0.6 is 0 Å². The van der Waals surface area contributed by atoms with E-state index in [0.29, 0.717) is 0 Å². The summed E-state index contributed by atoms with van der Waals surface area (Å²) in [5, 5.41) is 24.5. The molecule has 4 amide bonds. The van der Waals surface area contributed by atoms with E-state index < -0.39 is 72.1 Å². The van der Waals surface area contributed by atoms with Crippen molar-refractivity contribution in [3.05, 3.63) is 0 Å². The van der Waals surface area contributed by atoms with Crippen molar-refractivity contribution in [3.63, 3.8) is 0 Å². The number of primary amides is 1. The highest BCUT2D eigenvalue weighted by molar-refractivity contribution is 5.94. The van der Waals surface area contributed by atoms with Crippen LogP contribution in [0, 0.1) is 5.92 Å². The Bertz CT molecular complexity index is 681. The van der Waals surface area contributed by atoms with Crippen LogP contribution in [0.5, 0.6) is 0 Å². The average Bonchev–Trinajstić information content (AvgIpc) is 2.61. The smallest absolute Gasteiger partial charge is 0.326 e. The summed E-state index contributed by atoms with van der Waals surface area (Å²) in [6.07, 6.45) is -1.07. The molecule has 0 fully saturated rings. The quantitative estimate of drug-likeness (QED) is 0.160. The normalized spacial score (nSPS) is 14.7. The van der Waals surface area contributed by atoms with Crippen LogP contribution in [0.1, 0.15) is 40.0 Å². The van der Waals surface area contributed by atoms with Gasteiger partial charge >= 0.3 is 11.9 Å². The number of carboxylic acid groups (broad SMARTS) is 2. The first-order valence-electron chi connectivity index (χ1n) is 9.15. The molecule has 0 aromatic carbocycles. The number of hydrogen-bond acceptors (Lipinski definition) is 7. The van der Waals surface area contributed by atoms with Crippen molar-refractivity contribution in [1.29, 1.82) is 0 Å². The van der Waals surface area contributed by atoms with E-state index in [2.05, 4.69) is 16.0 Å². The van der Waals surface area contributed by atoms with E-state index in [1.165, 1.54) is 6.92 Å². The zero-order chi connectivity index (χ0) is 23.6. The molecule has 0 aromatic rings. The molecule has 4 atom stereocenters. The van der Waals surface area contributed by atoms with E-state index in [9.17, 15) is 28.8 Å². The van der Waals surface area contributed by atoms with Gasteiger partial charge in [-0.1, -0.05) is 13.8 Å². The van der Waals surface area contributed by atoms with Crippen LogP contribution in [-0.4, -0.2) is 69.9 Å². The van der Waals surface area contributed by atoms with Gasteiger partial charge in [0.25, 0.3) is 0 Å². The number of carboxylic acids is 2. The monoisotopic (exact) mass is 431 g/mol. The molecule has 4 unspecified atom stereocenters. The highest BCUT2D eigenvalue weighted by Crippen LogP contribution is 2.05. The van der Waals surface area contributed by atoms with Gasteiger partial charge in [-0.3, -0.25) is 24.0 Å². The summed E-state index contributed by atoms with van der Waals surface area (Å²) in [5.74, 6) is -6.25. The van der Waals surface area contributed by atoms with Gasteiger partial charge in [0, 0.05) is 6.42 Å². The van der Waals surface area contributed by atoms with Gasteiger partial charge in [0.05, 0.1) is 12.5 Å². The number of amides is 4. The van der Waals surface area contributed by atoms with Gasteiger partial charge in [-0.2, -0.15) is 0 Å². The zero-order valence-corrected chi connectivity index (χ0v) is 17.0. The number of rotatable bonds is 13. The maximum atomic E-state index is 12.5. The molecule has 0 heterocycles. The molecule has 0 aliphatic heterocycles. The van der Waals surface area contributed by atoms with Gasteiger partial charge in [-0.25, -0.2) is 4.79 Å². The SMILES string of the molecule is CC(NC(=O)C(NC(=O)C(N)CCC(=O)O)C(C)C)C(=O)NC(CC(N)=O)C(=O)O. The predicted molar refractivity (Wildman–Crippen MR) is 103 cm³/mol. The number of nitrogens with two attached hydrogens (primary N) is 2. The Morgan fingerprint density at radius 2 is 1.43 bits per heavy atom. The lowest BCUT2D eigenvalue weighted by Gasteiger charge is -2.25. The molecule has 13 heteroatoms. The Morgan fingerprint density at radius 1 is 0.867 bits per heavy atom. The number of aliphatic carboxylic acids is 2. The standard InChI is InChI=1S/C17H29N5O8/c1-7(2)13(22-15(27)9(18)4-5-12(24)25)16(28)20-8(3)14(26)21-10(17(29)30)6-11(19)23/h7-10,13H,4-6,18H2,1-3H3,(H2,19,23)(H,20,28)(H,21,26)(H,22,27)(H,24,25)(H,29,30). The second-order valence-electron chi connectivity index (χ2n) is 7.07. The first-order valence-corrected chi connectivity index (χ1v) is 9.15. The van der Waals surface area contributed by atoms with Crippen LogP contribution in [0.2, 0.25) is 0 Å². The number of carbonyl (C=O) groups is 6.